The van der Waals surface area contributed by atoms with Gasteiger partial charge >= 0.3 is 0 Å². The van der Waals surface area contributed by atoms with Crippen LogP contribution in [-0.2, 0) is 9.48 Å². The van der Waals surface area contributed by atoms with Crippen molar-refractivity contribution in [1.82, 2.24) is 0 Å². The van der Waals surface area contributed by atoms with Gasteiger partial charge in [0.1, 0.15) is 0 Å². The predicted octanol–water partition coefficient (Wildman–Crippen LogP) is 7.77. The van der Waals surface area contributed by atoms with Crippen molar-refractivity contribution in [1.29, 1.82) is 0 Å². The summed E-state index contributed by atoms with van der Waals surface area (Å²) < 4.78 is 5.66. The zero-order valence-corrected chi connectivity index (χ0v) is 20.4. The predicted molar refractivity (Wildman–Crippen MR) is 133 cm³/mol. The summed E-state index contributed by atoms with van der Waals surface area (Å²) in [6.07, 6.45) is 7.65. The summed E-state index contributed by atoms with van der Waals surface area (Å²) in [7, 11) is 0. The van der Waals surface area contributed by atoms with E-state index in [1.54, 1.807) is 0 Å². The molecular weight excluding hydrogens is 440 g/mol. The Balaban J connectivity index is 2.34. The highest BCUT2D eigenvalue weighted by molar-refractivity contribution is 9.10. The van der Waals surface area contributed by atoms with Crippen molar-refractivity contribution in [2.24, 2.45) is 0 Å². The first-order valence-corrected chi connectivity index (χ1v) is 12.0. The van der Waals surface area contributed by atoms with Crippen LogP contribution in [0.25, 0.3) is 0 Å². The van der Waals surface area contributed by atoms with Crippen molar-refractivity contribution in [3.05, 3.63) is 95.6 Å². The molecule has 0 amide bonds. The molecule has 0 radical (unpaired) electrons. The summed E-state index contributed by atoms with van der Waals surface area (Å²) in [6.45, 7) is 9.98. The highest BCUT2D eigenvalue weighted by atomic mass is 79.9. The molecule has 0 aromatic heterocycles. The van der Waals surface area contributed by atoms with Gasteiger partial charge in [-0.05, 0) is 56.6 Å². The van der Waals surface area contributed by atoms with E-state index in [0.29, 0.717) is 0 Å². The van der Waals surface area contributed by atoms with Crippen molar-refractivity contribution < 1.29 is 4.74 Å². The molecule has 0 fully saturated rings. The van der Waals surface area contributed by atoms with Crippen LogP contribution >= 0.6 is 27.7 Å². The van der Waals surface area contributed by atoms with Crippen LogP contribution in [-0.4, -0.2) is 23.3 Å². The number of benzene rings is 2. The Bertz CT molecular complexity index is 736. The molecule has 2 rings (SSSR count). The van der Waals surface area contributed by atoms with Gasteiger partial charge in [0.05, 0.1) is 11.4 Å². The van der Waals surface area contributed by atoms with E-state index in [4.69, 9.17) is 4.74 Å². The Morgan fingerprint density at radius 1 is 0.966 bits per heavy atom. The molecule has 0 aliphatic rings. The molecule has 0 heterocycles. The average Bonchev–Trinajstić information content (AvgIpc) is 2.72. The fraction of sp³-hybridized carbons (Fsp3) is 0.385. The normalized spacial score (nSPS) is 13.2. The number of allylic oxidation sites excluding steroid dienone is 3. The maximum atomic E-state index is 5.87. The molecule has 0 saturated heterocycles. The molecule has 0 aliphatic carbocycles. The Labute approximate surface area is 189 Å². The molecule has 0 N–H and O–H groups in total. The first kappa shape index (κ1) is 24.0. The number of hydrogen-bond donors (Lipinski definition) is 0. The monoisotopic (exact) mass is 472 g/mol. The van der Waals surface area contributed by atoms with Gasteiger partial charge in [0, 0.05) is 10.9 Å². The van der Waals surface area contributed by atoms with Gasteiger partial charge in [-0.1, -0.05) is 94.8 Å². The van der Waals surface area contributed by atoms with Gasteiger partial charge in [-0.3, -0.25) is 0 Å². The summed E-state index contributed by atoms with van der Waals surface area (Å²) in [5, 5.41) is 0. The molecular formula is C26H33BrOS. The maximum absolute atomic E-state index is 5.87. The maximum Gasteiger partial charge on any atom is 0.0903 e. The molecule has 2 aromatic carbocycles. The van der Waals surface area contributed by atoms with E-state index in [1.807, 2.05) is 11.8 Å². The van der Waals surface area contributed by atoms with E-state index >= 15 is 0 Å². The van der Waals surface area contributed by atoms with Gasteiger partial charge in [-0.2, -0.15) is 0 Å². The summed E-state index contributed by atoms with van der Waals surface area (Å²) in [5.41, 5.74) is 3.93. The fourth-order valence-electron chi connectivity index (χ4n) is 3.39. The van der Waals surface area contributed by atoms with E-state index in [9.17, 15) is 0 Å². The molecule has 3 heteroatoms. The lowest BCUT2D eigenvalue weighted by Gasteiger charge is -2.36. The van der Waals surface area contributed by atoms with Gasteiger partial charge in [-0.15, -0.1) is 11.8 Å². The van der Waals surface area contributed by atoms with Crippen LogP contribution in [0, 0.1) is 0 Å². The van der Waals surface area contributed by atoms with Gasteiger partial charge in [0.2, 0.25) is 0 Å². The minimum Gasteiger partial charge on any atom is -0.380 e. The van der Waals surface area contributed by atoms with Crippen LogP contribution in [0.1, 0.15) is 45.2 Å². The third-order valence-corrected chi connectivity index (χ3v) is 6.48. The van der Waals surface area contributed by atoms with Gasteiger partial charge in [0.25, 0.3) is 0 Å². The smallest absolute Gasteiger partial charge is 0.0903 e. The standard InChI is InChI=1S/C26H33BrOS/c1-5-14-22(6-2)26(23-15-9-7-10-16-23,24-17-11-8-12-18-24)29-20-13-19-28-21-25(3,4)27/h5-12,14-18H,13,19-21H2,1-4H3/b14-5-,22-6+. The molecule has 0 spiro atoms. The molecule has 156 valence electrons. The van der Waals surface area contributed by atoms with E-state index in [2.05, 4.69) is 123 Å². The van der Waals surface area contributed by atoms with E-state index in [1.165, 1.54) is 16.7 Å². The minimum atomic E-state index is -0.238. The second kappa shape index (κ2) is 11.8. The average molecular weight is 474 g/mol. The highest BCUT2D eigenvalue weighted by Crippen LogP contribution is 2.49. The Morgan fingerprint density at radius 2 is 1.52 bits per heavy atom. The van der Waals surface area contributed by atoms with Gasteiger partial charge < -0.3 is 4.74 Å². The number of hydrogen-bond acceptors (Lipinski definition) is 2. The van der Waals surface area contributed by atoms with Crippen LogP contribution in [0.3, 0.4) is 0 Å². The molecule has 1 nitrogen and oxygen atoms in total. The number of thioether (sulfide) groups is 1. The van der Waals surface area contributed by atoms with Crippen LogP contribution in [0.5, 0.6) is 0 Å². The topological polar surface area (TPSA) is 9.23 Å². The molecule has 0 unspecified atom stereocenters. The lowest BCUT2D eigenvalue weighted by Crippen LogP contribution is -2.27. The van der Waals surface area contributed by atoms with Crippen molar-refractivity contribution in [2.45, 2.75) is 43.2 Å². The zero-order valence-electron chi connectivity index (χ0n) is 18.0. The van der Waals surface area contributed by atoms with E-state index < -0.39 is 0 Å². The SMILES string of the molecule is C/C=C\C(=C/C)C(SCCCOCC(C)(C)Br)(c1ccccc1)c1ccccc1. The third kappa shape index (κ3) is 6.87. The molecule has 0 bridgehead atoms. The minimum absolute atomic E-state index is 0.0298. The van der Waals surface area contributed by atoms with Crippen molar-refractivity contribution >= 4 is 27.7 Å². The summed E-state index contributed by atoms with van der Waals surface area (Å²) in [6, 6.07) is 21.7. The molecule has 0 aliphatic heterocycles. The number of halogens is 1. The number of ether oxygens (including phenoxy) is 1. The second-order valence-electron chi connectivity index (χ2n) is 7.63. The van der Waals surface area contributed by atoms with Crippen molar-refractivity contribution in [3.8, 4) is 0 Å². The Hall–Kier alpha value is -1.29. The molecule has 0 saturated carbocycles. The first-order chi connectivity index (χ1) is 13.9. The Morgan fingerprint density at radius 3 is 1.97 bits per heavy atom. The summed E-state index contributed by atoms with van der Waals surface area (Å²) in [4.78, 5) is 0. The second-order valence-corrected chi connectivity index (χ2v) is 11.1. The third-order valence-electron chi connectivity index (χ3n) is 4.62. The zero-order chi connectivity index (χ0) is 21.2. The first-order valence-electron chi connectivity index (χ1n) is 10.2. The van der Waals surface area contributed by atoms with Gasteiger partial charge in [-0.25, -0.2) is 0 Å². The number of alkyl halides is 1. The van der Waals surface area contributed by atoms with Crippen LogP contribution in [0.15, 0.2) is 84.5 Å². The van der Waals surface area contributed by atoms with Gasteiger partial charge in [0.15, 0.2) is 0 Å². The summed E-state index contributed by atoms with van der Waals surface area (Å²) >= 11 is 5.64. The van der Waals surface area contributed by atoms with Crippen LogP contribution in [0.4, 0.5) is 0 Å². The van der Waals surface area contributed by atoms with E-state index in [0.717, 1.165) is 25.4 Å². The molecule has 0 atom stereocenters. The number of rotatable bonds is 11. The van der Waals surface area contributed by atoms with Crippen LogP contribution < -0.4 is 0 Å². The van der Waals surface area contributed by atoms with Crippen LogP contribution in [0.2, 0.25) is 0 Å². The molecule has 2 aromatic rings. The fourth-order valence-corrected chi connectivity index (χ4v) is 5.08. The largest absolute Gasteiger partial charge is 0.380 e. The van der Waals surface area contributed by atoms with Crippen molar-refractivity contribution in [3.63, 3.8) is 0 Å². The lowest BCUT2D eigenvalue weighted by atomic mass is 9.83. The van der Waals surface area contributed by atoms with Crippen molar-refractivity contribution in [2.75, 3.05) is 19.0 Å². The molecule has 29 heavy (non-hydrogen) atoms. The highest BCUT2D eigenvalue weighted by Gasteiger charge is 2.37. The summed E-state index contributed by atoms with van der Waals surface area (Å²) in [5.74, 6) is 1.02. The lowest BCUT2D eigenvalue weighted by molar-refractivity contribution is 0.122. The Kier molecular flexibility index (Phi) is 9.74. The quantitative estimate of drug-likeness (QED) is 0.187. The van der Waals surface area contributed by atoms with E-state index in [-0.39, 0.29) is 9.07 Å².